The first-order chi connectivity index (χ1) is 12.6. The third-order valence-electron chi connectivity index (χ3n) is 4.46. The van der Waals surface area contributed by atoms with Crippen molar-refractivity contribution in [2.24, 2.45) is 5.16 Å². The molecular formula is C20H24N2O3S. The van der Waals surface area contributed by atoms with E-state index in [0.717, 1.165) is 17.7 Å². The van der Waals surface area contributed by atoms with E-state index in [1.54, 1.807) is 6.92 Å². The molecule has 0 saturated heterocycles. The predicted octanol–water partition coefficient (Wildman–Crippen LogP) is 2.92. The molecule has 0 spiro atoms. The standard InChI is InChI=1S/C20H24N2O3S/c1-2-26(23,24)22-19(14-17-11-7-4-8-12-17)20-15-18(21-25-20)13-16-9-5-3-6-10-16/h3-12,19-20,22H,2,13-15H2,1H3. The van der Waals surface area contributed by atoms with Crippen LogP contribution in [0.3, 0.4) is 0 Å². The second-order valence-electron chi connectivity index (χ2n) is 6.49. The Labute approximate surface area is 155 Å². The molecule has 0 fully saturated rings. The maximum atomic E-state index is 12.1. The minimum Gasteiger partial charge on any atom is -0.390 e. The highest BCUT2D eigenvalue weighted by Crippen LogP contribution is 2.20. The maximum absolute atomic E-state index is 12.1. The first-order valence-corrected chi connectivity index (χ1v) is 10.5. The molecule has 1 aliphatic rings. The summed E-state index contributed by atoms with van der Waals surface area (Å²) >= 11 is 0. The molecule has 138 valence electrons. The molecule has 0 bridgehead atoms. The molecule has 2 atom stereocenters. The van der Waals surface area contributed by atoms with Gasteiger partial charge in [0, 0.05) is 12.8 Å². The molecule has 2 aromatic rings. The second-order valence-corrected chi connectivity index (χ2v) is 8.53. The van der Waals surface area contributed by atoms with Crippen LogP contribution in [0.5, 0.6) is 0 Å². The van der Waals surface area contributed by atoms with Gasteiger partial charge in [-0.2, -0.15) is 0 Å². The maximum Gasteiger partial charge on any atom is 0.211 e. The molecule has 1 N–H and O–H groups in total. The van der Waals surface area contributed by atoms with E-state index in [1.807, 2.05) is 48.5 Å². The van der Waals surface area contributed by atoms with Crippen LogP contribution in [0.25, 0.3) is 0 Å². The first kappa shape index (κ1) is 18.6. The van der Waals surface area contributed by atoms with Gasteiger partial charge in [0.05, 0.1) is 17.5 Å². The zero-order valence-corrected chi connectivity index (χ0v) is 15.7. The van der Waals surface area contributed by atoms with Crippen molar-refractivity contribution < 1.29 is 13.3 Å². The van der Waals surface area contributed by atoms with Crippen LogP contribution < -0.4 is 4.72 Å². The monoisotopic (exact) mass is 372 g/mol. The van der Waals surface area contributed by atoms with Crippen LogP contribution in [0.15, 0.2) is 65.8 Å². The lowest BCUT2D eigenvalue weighted by Crippen LogP contribution is -2.45. The molecule has 6 heteroatoms. The van der Waals surface area contributed by atoms with Crippen LogP contribution in [-0.2, 0) is 27.7 Å². The van der Waals surface area contributed by atoms with Crippen molar-refractivity contribution in [2.75, 3.05) is 5.75 Å². The Morgan fingerprint density at radius 2 is 1.69 bits per heavy atom. The quantitative estimate of drug-likeness (QED) is 0.775. The Morgan fingerprint density at radius 1 is 1.08 bits per heavy atom. The van der Waals surface area contributed by atoms with Crippen molar-refractivity contribution in [1.29, 1.82) is 0 Å². The number of rotatable bonds is 8. The molecule has 3 rings (SSSR count). The number of nitrogens with one attached hydrogen (secondary N) is 1. The smallest absolute Gasteiger partial charge is 0.211 e. The molecule has 26 heavy (non-hydrogen) atoms. The summed E-state index contributed by atoms with van der Waals surface area (Å²) in [5.74, 6) is 0.0444. The van der Waals surface area contributed by atoms with Crippen molar-refractivity contribution in [3.8, 4) is 0 Å². The summed E-state index contributed by atoms with van der Waals surface area (Å²) in [4.78, 5) is 5.62. The SMILES string of the molecule is CCS(=O)(=O)NC(Cc1ccccc1)C1CC(Cc2ccccc2)=NO1. The van der Waals surface area contributed by atoms with Gasteiger partial charge < -0.3 is 4.84 Å². The van der Waals surface area contributed by atoms with Crippen molar-refractivity contribution in [3.63, 3.8) is 0 Å². The molecule has 1 heterocycles. The van der Waals surface area contributed by atoms with Crippen LogP contribution in [0.4, 0.5) is 0 Å². The van der Waals surface area contributed by atoms with Crippen LogP contribution in [0.1, 0.15) is 24.5 Å². The van der Waals surface area contributed by atoms with E-state index in [9.17, 15) is 8.42 Å². The van der Waals surface area contributed by atoms with Crippen LogP contribution in [0, 0.1) is 0 Å². The Kier molecular flexibility index (Phi) is 6.06. The lowest BCUT2D eigenvalue weighted by Gasteiger charge is -2.23. The van der Waals surface area contributed by atoms with Crippen molar-refractivity contribution >= 4 is 15.7 Å². The van der Waals surface area contributed by atoms with Gasteiger partial charge in [-0.05, 0) is 24.5 Å². The third kappa shape index (κ3) is 5.16. The molecule has 0 radical (unpaired) electrons. The molecule has 0 aromatic heterocycles. The van der Waals surface area contributed by atoms with E-state index < -0.39 is 10.0 Å². The summed E-state index contributed by atoms with van der Waals surface area (Å²) < 4.78 is 27.0. The minimum absolute atomic E-state index is 0.0444. The fraction of sp³-hybridized carbons (Fsp3) is 0.350. The highest BCUT2D eigenvalue weighted by molar-refractivity contribution is 7.89. The molecule has 1 aliphatic heterocycles. The topological polar surface area (TPSA) is 67.8 Å². The van der Waals surface area contributed by atoms with E-state index in [-0.39, 0.29) is 17.9 Å². The Balaban J connectivity index is 1.69. The second kappa shape index (κ2) is 8.47. The van der Waals surface area contributed by atoms with E-state index in [2.05, 4.69) is 22.0 Å². The lowest BCUT2D eigenvalue weighted by atomic mass is 9.97. The Morgan fingerprint density at radius 3 is 2.31 bits per heavy atom. The minimum atomic E-state index is -3.33. The van der Waals surface area contributed by atoms with Crippen molar-refractivity contribution in [3.05, 3.63) is 71.8 Å². The predicted molar refractivity (Wildman–Crippen MR) is 104 cm³/mol. The van der Waals surface area contributed by atoms with Gasteiger partial charge in [0.25, 0.3) is 0 Å². The van der Waals surface area contributed by atoms with Crippen LogP contribution >= 0.6 is 0 Å². The summed E-state index contributed by atoms with van der Waals surface area (Å²) in [6.07, 6.45) is 1.61. The summed E-state index contributed by atoms with van der Waals surface area (Å²) in [5, 5.41) is 4.21. The normalized spacial score (nSPS) is 18.2. The average Bonchev–Trinajstić information content (AvgIpc) is 3.11. The van der Waals surface area contributed by atoms with E-state index >= 15 is 0 Å². The van der Waals surface area contributed by atoms with Crippen molar-refractivity contribution in [1.82, 2.24) is 4.72 Å². The lowest BCUT2D eigenvalue weighted by molar-refractivity contribution is 0.0615. The molecule has 0 saturated carbocycles. The fourth-order valence-electron chi connectivity index (χ4n) is 3.03. The summed E-state index contributed by atoms with van der Waals surface area (Å²) in [6, 6.07) is 19.6. The molecule has 2 aromatic carbocycles. The highest BCUT2D eigenvalue weighted by Gasteiger charge is 2.32. The van der Waals surface area contributed by atoms with Gasteiger partial charge in [0.15, 0.2) is 0 Å². The van der Waals surface area contributed by atoms with Gasteiger partial charge in [-0.15, -0.1) is 0 Å². The average molecular weight is 372 g/mol. The molecule has 0 aliphatic carbocycles. The third-order valence-corrected chi connectivity index (χ3v) is 5.89. The van der Waals surface area contributed by atoms with Gasteiger partial charge in [-0.1, -0.05) is 65.8 Å². The van der Waals surface area contributed by atoms with Crippen LogP contribution in [0.2, 0.25) is 0 Å². The number of nitrogens with zero attached hydrogens (tertiary/aromatic N) is 1. The van der Waals surface area contributed by atoms with E-state index in [0.29, 0.717) is 12.8 Å². The summed E-state index contributed by atoms with van der Waals surface area (Å²) in [7, 11) is -3.33. The first-order valence-electron chi connectivity index (χ1n) is 8.85. The number of benzene rings is 2. The zero-order chi connectivity index (χ0) is 18.4. The number of hydrogen-bond acceptors (Lipinski definition) is 4. The van der Waals surface area contributed by atoms with Gasteiger partial charge >= 0.3 is 0 Å². The highest BCUT2D eigenvalue weighted by atomic mass is 32.2. The molecule has 0 amide bonds. The van der Waals surface area contributed by atoms with Gasteiger partial charge in [-0.3, -0.25) is 0 Å². The molecule has 5 nitrogen and oxygen atoms in total. The molecule has 2 unspecified atom stereocenters. The Bertz CT molecular complexity index is 836. The number of oxime groups is 1. The fourth-order valence-corrected chi connectivity index (χ4v) is 3.89. The van der Waals surface area contributed by atoms with Crippen molar-refractivity contribution in [2.45, 2.75) is 38.3 Å². The number of sulfonamides is 1. The van der Waals surface area contributed by atoms with E-state index in [1.165, 1.54) is 5.56 Å². The van der Waals surface area contributed by atoms with Gasteiger partial charge in [0.2, 0.25) is 10.0 Å². The van der Waals surface area contributed by atoms with Crippen LogP contribution in [-0.4, -0.2) is 32.0 Å². The zero-order valence-electron chi connectivity index (χ0n) is 14.8. The largest absolute Gasteiger partial charge is 0.390 e. The summed E-state index contributed by atoms with van der Waals surface area (Å²) in [5.41, 5.74) is 3.18. The van der Waals surface area contributed by atoms with Gasteiger partial charge in [0.1, 0.15) is 6.10 Å². The van der Waals surface area contributed by atoms with Gasteiger partial charge in [-0.25, -0.2) is 13.1 Å². The van der Waals surface area contributed by atoms with E-state index in [4.69, 9.17) is 4.84 Å². The Hall–Kier alpha value is -2.18. The molecular weight excluding hydrogens is 348 g/mol. The number of hydrogen-bond donors (Lipinski definition) is 1. The summed E-state index contributed by atoms with van der Waals surface area (Å²) in [6.45, 7) is 1.63.